The van der Waals surface area contributed by atoms with Crippen molar-refractivity contribution >= 4 is 11.2 Å². The molecule has 0 saturated carbocycles. The normalized spacial score (nSPS) is 17.3. The minimum atomic E-state index is 0.218. The molecule has 0 amide bonds. The number of hydrogen-bond acceptors (Lipinski definition) is 4. The van der Waals surface area contributed by atoms with Gasteiger partial charge in [-0.15, -0.1) is 0 Å². The van der Waals surface area contributed by atoms with Crippen LogP contribution in [0.4, 0.5) is 0 Å². The summed E-state index contributed by atoms with van der Waals surface area (Å²) in [5.41, 5.74) is 2.79. The van der Waals surface area contributed by atoms with Crippen molar-refractivity contribution in [3.05, 3.63) is 47.8 Å². The number of para-hydroxylation sites is 1. The van der Waals surface area contributed by atoms with Gasteiger partial charge in [0.05, 0.1) is 19.2 Å². The lowest BCUT2D eigenvalue weighted by Gasteiger charge is -2.24. The second kappa shape index (κ2) is 4.77. The van der Waals surface area contributed by atoms with E-state index in [0.717, 1.165) is 23.5 Å². The number of hydrogen-bond donors (Lipinski definition) is 1. The number of aromatic nitrogens is 3. The highest BCUT2D eigenvalue weighted by atomic mass is 16.5. The Balaban J connectivity index is 1.80. The zero-order chi connectivity index (χ0) is 14.2. The summed E-state index contributed by atoms with van der Waals surface area (Å²) in [6, 6.07) is 11.9. The Labute approximate surface area is 121 Å². The molecule has 1 aromatic carbocycles. The minimum Gasteiger partial charge on any atom is -0.493 e. The number of pyridine rings is 1. The summed E-state index contributed by atoms with van der Waals surface area (Å²) in [4.78, 5) is 12.4. The molecule has 3 heterocycles. The van der Waals surface area contributed by atoms with Gasteiger partial charge in [-0.1, -0.05) is 18.2 Å². The Hall–Kier alpha value is -2.56. The van der Waals surface area contributed by atoms with Gasteiger partial charge in [-0.3, -0.25) is 0 Å². The summed E-state index contributed by atoms with van der Waals surface area (Å²) in [6.45, 7) is 0.704. The second-order valence-corrected chi connectivity index (χ2v) is 5.07. The topological polar surface area (TPSA) is 60.0 Å². The van der Waals surface area contributed by atoms with Gasteiger partial charge in [0.1, 0.15) is 11.6 Å². The van der Waals surface area contributed by atoms with Crippen molar-refractivity contribution in [3.8, 4) is 11.6 Å². The average Bonchev–Trinajstić information content (AvgIpc) is 2.97. The Morgan fingerprint density at radius 2 is 2.10 bits per heavy atom. The molecule has 106 valence electrons. The van der Waals surface area contributed by atoms with Crippen molar-refractivity contribution in [1.29, 1.82) is 0 Å². The van der Waals surface area contributed by atoms with E-state index in [9.17, 15) is 0 Å². The Morgan fingerprint density at radius 3 is 3.00 bits per heavy atom. The highest BCUT2D eigenvalue weighted by Gasteiger charge is 2.25. The quantitative estimate of drug-likeness (QED) is 0.784. The predicted octanol–water partition coefficient (Wildman–Crippen LogP) is 2.88. The molecule has 0 radical (unpaired) electrons. The minimum absolute atomic E-state index is 0.218. The fraction of sp³-hybridized carbons (Fsp3) is 0.250. The van der Waals surface area contributed by atoms with Crippen LogP contribution in [-0.2, 0) is 0 Å². The number of aromatic amines is 1. The van der Waals surface area contributed by atoms with Crippen molar-refractivity contribution in [3.63, 3.8) is 0 Å². The highest BCUT2D eigenvalue weighted by molar-refractivity contribution is 5.71. The van der Waals surface area contributed by atoms with Crippen molar-refractivity contribution in [2.24, 2.45) is 0 Å². The first-order valence-electron chi connectivity index (χ1n) is 6.97. The van der Waals surface area contributed by atoms with Crippen LogP contribution >= 0.6 is 0 Å². The van der Waals surface area contributed by atoms with Crippen LogP contribution in [0.3, 0.4) is 0 Å². The Kier molecular flexibility index (Phi) is 2.77. The molecule has 5 nitrogen and oxygen atoms in total. The van der Waals surface area contributed by atoms with E-state index >= 15 is 0 Å². The molecule has 0 fully saturated rings. The molecule has 3 aromatic rings. The van der Waals surface area contributed by atoms with Crippen LogP contribution in [0.1, 0.15) is 23.7 Å². The van der Waals surface area contributed by atoms with E-state index in [1.54, 1.807) is 7.11 Å². The number of nitrogens with one attached hydrogen (secondary N) is 1. The van der Waals surface area contributed by atoms with Gasteiger partial charge in [-0.2, -0.15) is 4.98 Å². The monoisotopic (exact) mass is 281 g/mol. The van der Waals surface area contributed by atoms with Gasteiger partial charge in [0.2, 0.25) is 5.88 Å². The van der Waals surface area contributed by atoms with Gasteiger partial charge in [-0.05, 0) is 18.6 Å². The van der Waals surface area contributed by atoms with Crippen LogP contribution in [0, 0.1) is 0 Å². The third-order valence-corrected chi connectivity index (χ3v) is 3.84. The molecule has 0 bridgehead atoms. The lowest BCUT2D eigenvalue weighted by atomic mass is 9.92. The molecule has 5 heteroatoms. The highest BCUT2D eigenvalue weighted by Crippen LogP contribution is 2.37. The van der Waals surface area contributed by atoms with Crippen LogP contribution in [0.15, 0.2) is 36.4 Å². The zero-order valence-corrected chi connectivity index (χ0v) is 11.7. The number of methoxy groups -OCH3 is 1. The van der Waals surface area contributed by atoms with Crippen molar-refractivity contribution in [2.75, 3.05) is 13.7 Å². The zero-order valence-electron chi connectivity index (χ0n) is 11.7. The van der Waals surface area contributed by atoms with Gasteiger partial charge in [0, 0.05) is 17.5 Å². The lowest BCUT2D eigenvalue weighted by Crippen LogP contribution is -2.16. The summed E-state index contributed by atoms with van der Waals surface area (Å²) < 4.78 is 10.9. The van der Waals surface area contributed by atoms with Crippen LogP contribution in [0.5, 0.6) is 11.6 Å². The third-order valence-electron chi connectivity index (χ3n) is 3.84. The number of fused-ring (bicyclic) bond motifs is 2. The fourth-order valence-electron chi connectivity index (χ4n) is 2.80. The SMILES string of the molecule is COc1ccc2[nH]c(C3CCOc4ccccc43)nc2n1. The molecule has 21 heavy (non-hydrogen) atoms. The summed E-state index contributed by atoms with van der Waals surface area (Å²) in [5.74, 6) is 2.67. The Morgan fingerprint density at radius 1 is 1.19 bits per heavy atom. The standard InChI is InChI=1S/C16H15N3O2/c1-20-14-7-6-12-16(18-14)19-15(17-12)11-8-9-21-13-5-3-2-4-10(11)13/h2-7,11H,8-9H2,1H3,(H,17,18,19). The fourth-order valence-corrected chi connectivity index (χ4v) is 2.80. The molecule has 1 N–H and O–H groups in total. The summed E-state index contributed by atoms with van der Waals surface area (Å²) in [7, 11) is 1.61. The van der Waals surface area contributed by atoms with Crippen molar-refractivity contribution < 1.29 is 9.47 Å². The summed E-state index contributed by atoms with van der Waals surface area (Å²) in [5, 5.41) is 0. The van der Waals surface area contributed by atoms with Crippen LogP contribution in [0.25, 0.3) is 11.2 Å². The van der Waals surface area contributed by atoms with E-state index in [2.05, 4.69) is 21.0 Å². The van der Waals surface area contributed by atoms with Crippen molar-refractivity contribution in [2.45, 2.75) is 12.3 Å². The molecular formula is C16H15N3O2. The van der Waals surface area contributed by atoms with E-state index in [4.69, 9.17) is 9.47 Å². The molecule has 1 aliphatic heterocycles. The molecule has 1 unspecified atom stereocenters. The molecule has 0 spiro atoms. The lowest BCUT2D eigenvalue weighted by molar-refractivity contribution is 0.275. The molecule has 0 aliphatic carbocycles. The van der Waals surface area contributed by atoms with E-state index in [0.29, 0.717) is 18.1 Å². The summed E-state index contributed by atoms with van der Waals surface area (Å²) in [6.07, 6.45) is 0.911. The van der Waals surface area contributed by atoms with Gasteiger partial charge in [0.25, 0.3) is 0 Å². The van der Waals surface area contributed by atoms with Gasteiger partial charge in [-0.25, -0.2) is 4.98 Å². The molecule has 2 aromatic heterocycles. The number of H-pyrrole nitrogens is 1. The van der Waals surface area contributed by atoms with Crippen LogP contribution < -0.4 is 9.47 Å². The number of imidazole rings is 1. The van der Waals surface area contributed by atoms with Crippen LogP contribution in [-0.4, -0.2) is 28.7 Å². The number of nitrogens with zero attached hydrogens (tertiary/aromatic N) is 2. The number of rotatable bonds is 2. The first-order chi connectivity index (χ1) is 10.3. The smallest absolute Gasteiger partial charge is 0.215 e. The van der Waals surface area contributed by atoms with E-state index in [1.165, 1.54) is 5.56 Å². The predicted molar refractivity (Wildman–Crippen MR) is 78.8 cm³/mol. The molecule has 1 aliphatic rings. The Bertz CT molecular complexity index is 797. The van der Waals surface area contributed by atoms with Gasteiger partial charge in [0.15, 0.2) is 5.65 Å². The van der Waals surface area contributed by atoms with Crippen molar-refractivity contribution in [1.82, 2.24) is 15.0 Å². The number of ether oxygens (including phenoxy) is 2. The third kappa shape index (κ3) is 2.01. The number of benzene rings is 1. The van der Waals surface area contributed by atoms with Gasteiger partial charge < -0.3 is 14.5 Å². The maximum Gasteiger partial charge on any atom is 0.215 e. The van der Waals surface area contributed by atoms with E-state index in [1.807, 2.05) is 30.3 Å². The first-order valence-corrected chi connectivity index (χ1v) is 6.97. The largest absolute Gasteiger partial charge is 0.493 e. The van der Waals surface area contributed by atoms with Gasteiger partial charge >= 0.3 is 0 Å². The average molecular weight is 281 g/mol. The molecule has 0 saturated heterocycles. The molecule has 1 atom stereocenters. The second-order valence-electron chi connectivity index (χ2n) is 5.07. The van der Waals surface area contributed by atoms with E-state index in [-0.39, 0.29) is 5.92 Å². The maximum absolute atomic E-state index is 5.71. The maximum atomic E-state index is 5.71. The first kappa shape index (κ1) is 12.2. The van der Waals surface area contributed by atoms with E-state index < -0.39 is 0 Å². The molecular weight excluding hydrogens is 266 g/mol. The summed E-state index contributed by atoms with van der Waals surface area (Å²) >= 11 is 0. The van der Waals surface area contributed by atoms with Crippen LogP contribution in [0.2, 0.25) is 0 Å². The molecule has 4 rings (SSSR count).